The monoisotopic (exact) mass is 529 g/mol. The number of rotatable bonds is 6. The van der Waals surface area contributed by atoms with E-state index in [1.165, 1.54) is 4.90 Å². The normalized spacial score (nSPS) is 19.6. The van der Waals surface area contributed by atoms with Crippen LogP contribution in [0.4, 0.5) is 4.79 Å². The number of hydrogen-bond acceptors (Lipinski definition) is 6. The Labute approximate surface area is 228 Å². The summed E-state index contributed by atoms with van der Waals surface area (Å²) in [6.45, 7) is 6.63. The van der Waals surface area contributed by atoms with Gasteiger partial charge in [-0.25, -0.2) is 14.3 Å². The van der Waals surface area contributed by atoms with Crippen molar-refractivity contribution in [3.05, 3.63) is 64.6 Å². The van der Waals surface area contributed by atoms with Crippen LogP contribution in [-0.4, -0.2) is 61.0 Å². The van der Waals surface area contributed by atoms with Gasteiger partial charge >= 0.3 is 6.09 Å². The maximum Gasteiger partial charge on any atom is 0.410 e. The predicted molar refractivity (Wildman–Crippen MR) is 145 cm³/mol. The Balaban J connectivity index is 1.24. The van der Waals surface area contributed by atoms with Gasteiger partial charge < -0.3 is 4.74 Å². The number of piperidine rings is 1. The van der Waals surface area contributed by atoms with E-state index in [2.05, 4.69) is 6.07 Å². The summed E-state index contributed by atoms with van der Waals surface area (Å²) in [4.78, 5) is 46.7. The molecule has 1 atom stereocenters. The van der Waals surface area contributed by atoms with E-state index in [4.69, 9.17) is 14.8 Å². The molecule has 6 rings (SSSR count). The van der Waals surface area contributed by atoms with E-state index in [0.717, 1.165) is 54.8 Å². The van der Waals surface area contributed by atoms with Crippen molar-refractivity contribution >= 4 is 23.6 Å². The number of hydrogen-bond donors (Lipinski definition) is 0. The molecule has 204 valence electrons. The van der Waals surface area contributed by atoms with E-state index in [9.17, 15) is 14.4 Å². The average molecular weight is 530 g/mol. The number of fused-ring (bicyclic) bond motifs is 2. The molecule has 9 nitrogen and oxygen atoms in total. The Kier molecular flexibility index (Phi) is 6.40. The number of likely N-dealkylation sites (tertiary alicyclic amines) is 1. The summed E-state index contributed by atoms with van der Waals surface area (Å²) in [5.74, 6) is 0.0152. The second-order valence-corrected chi connectivity index (χ2v) is 11.9. The molecule has 2 aromatic heterocycles. The SMILES string of the molecule is CC(C)(C)OC(=O)N1CCCC[C@H]1c1cc2nc(C3CC3)cc(CCCN3C(=O)c4ccccc4C3=O)n2n1. The molecule has 0 bridgehead atoms. The van der Waals surface area contributed by atoms with Crippen LogP contribution < -0.4 is 0 Å². The lowest BCUT2D eigenvalue weighted by molar-refractivity contribution is 0.00894. The number of aromatic nitrogens is 3. The van der Waals surface area contributed by atoms with Gasteiger partial charge in [-0.05, 0) is 83.9 Å². The number of ether oxygens (including phenoxy) is 1. The lowest BCUT2D eigenvalue weighted by Gasteiger charge is -2.35. The topological polar surface area (TPSA) is 97.1 Å². The highest BCUT2D eigenvalue weighted by atomic mass is 16.6. The summed E-state index contributed by atoms with van der Waals surface area (Å²) in [7, 11) is 0. The second-order valence-electron chi connectivity index (χ2n) is 11.9. The smallest absolute Gasteiger partial charge is 0.410 e. The van der Waals surface area contributed by atoms with Gasteiger partial charge in [0.1, 0.15) is 5.60 Å². The van der Waals surface area contributed by atoms with E-state index in [0.29, 0.717) is 43.0 Å². The van der Waals surface area contributed by atoms with Crippen molar-refractivity contribution in [2.75, 3.05) is 13.1 Å². The number of benzene rings is 1. The number of imide groups is 1. The van der Waals surface area contributed by atoms with Crippen LogP contribution in [0.25, 0.3) is 5.65 Å². The van der Waals surface area contributed by atoms with E-state index < -0.39 is 5.60 Å². The first-order valence-electron chi connectivity index (χ1n) is 14.0. The summed E-state index contributed by atoms with van der Waals surface area (Å²) in [6, 6.07) is 11.0. The largest absolute Gasteiger partial charge is 0.444 e. The number of nitrogens with zero attached hydrogens (tertiary/aromatic N) is 5. The fourth-order valence-electron chi connectivity index (χ4n) is 5.64. The van der Waals surface area contributed by atoms with Crippen molar-refractivity contribution < 1.29 is 19.1 Å². The van der Waals surface area contributed by atoms with Gasteiger partial charge in [0.05, 0.1) is 22.9 Å². The third kappa shape index (κ3) is 5.02. The first-order chi connectivity index (χ1) is 18.7. The van der Waals surface area contributed by atoms with Crippen molar-refractivity contribution in [2.45, 2.75) is 83.3 Å². The highest BCUT2D eigenvalue weighted by Gasteiger charge is 2.36. The molecular weight excluding hydrogens is 494 g/mol. The Morgan fingerprint density at radius 3 is 2.38 bits per heavy atom. The van der Waals surface area contributed by atoms with Crippen molar-refractivity contribution in [3.8, 4) is 0 Å². The molecule has 0 N–H and O–H groups in total. The molecule has 1 aliphatic carbocycles. The molecule has 3 aromatic rings. The summed E-state index contributed by atoms with van der Waals surface area (Å²) < 4.78 is 7.59. The summed E-state index contributed by atoms with van der Waals surface area (Å²) in [5.41, 5.74) is 4.06. The molecule has 0 radical (unpaired) electrons. The molecule has 9 heteroatoms. The summed E-state index contributed by atoms with van der Waals surface area (Å²) in [6.07, 6.45) is 6.01. The first kappa shape index (κ1) is 25.5. The van der Waals surface area contributed by atoms with Crippen LogP contribution in [0, 0.1) is 0 Å². The fourth-order valence-corrected chi connectivity index (χ4v) is 5.64. The quantitative estimate of drug-likeness (QED) is 0.402. The molecule has 0 unspecified atom stereocenters. The van der Waals surface area contributed by atoms with Gasteiger partial charge in [-0.15, -0.1) is 0 Å². The predicted octanol–water partition coefficient (Wildman–Crippen LogP) is 5.30. The van der Waals surface area contributed by atoms with Crippen LogP contribution in [-0.2, 0) is 11.2 Å². The lowest BCUT2D eigenvalue weighted by atomic mass is 10.00. The minimum absolute atomic E-state index is 0.161. The third-order valence-electron chi connectivity index (χ3n) is 7.70. The maximum atomic E-state index is 13.0. The van der Waals surface area contributed by atoms with Crippen molar-refractivity contribution in [1.29, 1.82) is 0 Å². The Morgan fingerprint density at radius 1 is 1.00 bits per heavy atom. The molecule has 3 aliphatic rings. The average Bonchev–Trinajstić information content (AvgIpc) is 3.62. The minimum Gasteiger partial charge on any atom is -0.444 e. The van der Waals surface area contributed by atoms with Crippen LogP contribution in [0.5, 0.6) is 0 Å². The van der Waals surface area contributed by atoms with Gasteiger partial charge in [0.15, 0.2) is 5.65 Å². The highest BCUT2D eigenvalue weighted by molar-refractivity contribution is 6.21. The number of carbonyl (C=O) groups is 3. The minimum atomic E-state index is -0.564. The summed E-state index contributed by atoms with van der Waals surface area (Å²) in [5, 5.41) is 4.96. The van der Waals surface area contributed by atoms with Crippen LogP contribution in [0.3, 0.4) is 0 Å². The van der Waals surface area contributed by atoms with Crippen LogP contribution >= 0.6 is 0 Å². The Morgan fingerprint density at radius 2 is 1.72 bits per heavy atom. The molecule has 4 heterocycles. The molecule has 1 aromatic carbocycles. The third-order valence-corrected chi connectivity index (χ3v) is 7.70. The molecule has 1 saturated heterocycles. The molecule has 2 fully saturated rings. The van der Waals surface area contributed by atoms with Gasteiger partial charge in [-0.1, -0.05) is 12.1 Å². The standard InChI is InChI=1S/C30H35N5O4/c1-30(2,3)39-29(38)33-15-7-6-12-25(33)24-18-26-31-23(19-13-14-19)17-20(35(26)32-24)9-8-16-34-27(36)21-10-4-5-11-22(21)28(34)37/h4-5,10-11,17-19,25H,6-9,12-16H2,1-3H3/t25-/m0/s1. The highest BCUT2D eigenvalue weighted by Crippen LogP contribution is 2.40. The van der Waals surface area contributed by atoms with Gasteiger partial charge in [-0.2, -0.15) is 5.10 Å². The van der Waals surface area contributed by atoms with E-state index in [1.54, 1.807) is 29.2 Å². The van der Waals surface area contributed by atoms with Crippen LogP contribution in [0.1, 0.15) is 109 Å². The second kappa shape index (κ2) is 9.77. The molecule has 2 aliphatic heterocycles. The van der Waals surface area contributed by atoms with Crippen LogP contribution in [0.15, 0.2) is 36.4 Å². The van der Waals surface area contributed by atoms with Crippen LogP contribution in [0.2, 0.25) is 0 Å². The molecule has 3 amide bonds. The fraction of sp³-hybridized carbons (Fsp3) is 0.500. The van der Waals surface area contributed by atoms with Gasteiger partial charge in [-0.3, -0.25) is 19.4 Å². The number of aryl methyl sites for hydroxylation is 1. The molecular formula is C30H35N5O4. The van der Waals surface area contributed by atoms with Crippen molar-refractivity contribution in [1.82, 2.24) is 24.4 Å². The first-order valence-corrected chi connectivity index (χ1v) is 14.0. The molecule has 39 heavy (non-hydrogen) atoms. The maximum absolute atomic E-state index is 13.0. The van der Waals surface area contributed by atoms with Crippen molar-refractivity contribution in [2.24, 2.45) is 0 Å². The van der Waals surface area contributed by atoms with E-state index >= 15 is 0 Å². The lowest BCUT2D eigenvalue weighted by Crippen LogP contribution is -2.42. The Hall–Kier alpha value is -3.75. The zero-order valence-electron chi connectivity index (χ0n) is 22.9. The Bertz CT molecular complexity index is 1420. The molecule has 0 spiro atoms. The molecule has 1 saturated carbocycles. The van der Waals surface area contributed by atoms with Gasteiger partial charge in [0.2, 0.25) is 0 Å². The van der Waals surface area contributed by atoms with Gasteiger partial charge in [0.25, 0.3) is 11.8 Å². The van der Waals surface area contributed by atoms with Crippen molar-refractivity contribution in [3.63, 3.8) is 0 Å². The van der Waals surface area contributed by atoms with Gasteiger partial charge in [0, 0.05) is 36.5 Å². The zero-order valence-corrected chi connectivity index (χ0v) is 22.9. The number of amides is 3. The van der Waals surface area contributed by atoms with E-state index in [1.807, 2.05) is 31.4 Å². The summed E-state index contributed by atoms with van der Waals surface area (Å²) >= 11 is 0. The van der Waals surface area contributed by atoms with E-state index in [-0.39, 0.29) is 23.9 Å². The zero-order chi connectivity index (χ0) is 27.3. The number of carbonyl (C=O) groups excluding carboxylic acids is 3.